The Balaban J connectivity index is 1.76. The van der Waals surface area contributed by atoms with Gasteiger partial charge in [0.15, 0.2) is 0 Å². The smallest absolute Gasteiger partial charge is 0.281 e. The number of likely N-dealkylation sites (N-methyl/N-ethyl adjacent to an activating group) is 1. The van der Waals surface area contributed by atoms with Gasteiger partial charge >= 0.3 is 0 Å². The van der Waals surface area contributed by atoms with Crippen molar-refractivity contribution in [2.24, 2.45) is 0 Å². The molecule has 1 N–H and O–H groups in total. The molecule has 28 heavy (non-hydrogen) atoms. The van der Waals surface area contributed by atoms with Crippen molar-refractivity contribution in [3.05, 3.63) is 48.0 Å². The van der Waals surface area contributed by atoms with Gasteiger partial charge in [-0.2, -0.15) is 17.0 Å². The maximum atomic E-state index is 13.8. The molecule has 2 heterocycles. The normalized spacial score (nSPS) is 20.2. The number of β-amino-alcohol motifs (C(OH)–C–C–N with tert-alkyl or cyclic N) is 1. The first-order valence-corrected chi connectivity index (χ1v) is 10.3. The molecule has 6 nitrogen and oxygen atoms in total. The Labute approximate surface area is 161 Å². The second-order valence-corrected chi connectivity index (χ2v) is 9.60. The zero-order valence-electron chi connectivity index (χ0n) is 15.6. The molecule has 1 aromatic heterocycles. The molecule has 0 aliphatic carbocycles. The average Bonchev–Trinajstić information content (AvgIpc) is 3.03. The molecule has 9 heteroatoms. The van der Waals surface area contributed by atoms with Gasteiger partial charge in [0, 0.05) is 48.5 Å². The van der Waals surface area contributed by atoms with Gasteiger partial charge in [0.05, 0.1) is 12.1 Å². The molecule has 1 fully saturated rings. The predicted octanol–water partition coefficient (Wildman–Crippen LogP) is 2.32. The fourth-order valence-corrected chi connectivity index (χ4v) is 5.29. The van der Waals surface area contributed by atoms with Crippen LogP contribution in [0.5, 0.6) is 0 Å². The first kappa shape index (κ1) is 19.3. The zero-order chi connectivity index (χ0) is 20.3. The van der Waals surface area contributed by atoms with Crippen LogP contribution in [-0.4, -0.2) is 59.0 Å². The summed E-state index contributed by atoms with van der Waals surface area (Å²) in [5, 5.41) is 12.1. The summed E-state index contributed by atoms with van der Waals surface area (Å²) in [7, 11) is -2.08. The van der Waals surface area contributed by atoms with Crippen molar-refractivity contribution in [3.8, 4) is 0 Å². The summed E-state index contributed by atoms with van der Waals surface area (Å²) < 4.78 is 56.5. The molecule has 0 bridgehead atoms. The Kier molecular flexibility index (Phi) is 4.46. The maximum absolute atomic E-state index is 13.8. The van der Waals surface area contributed by atoms with E-state index in [-0.39, 0.29) is 13.1 Å². The van der Waals surface area contributed by atoms with E-state index in [0.29, 0.717) is 34.9 Å². The molecule has 4 rings (SSSR count). The second kappa shape index (κ2) is 6.48. The lowest BCUT2D eigenvalue weighted by Gasteiger charge is -2.29. The van der Waals surface area contributed by atoms with Gasteiger partial charge in [0.2, 0.25) is 0 Å². The van der Waals surface area contributed by atoms with Crippen LogP contribution in [0.25, 0.3) is 21.8 Å². The molecule has 0 spiro atoms. The predicted molar refractivity (Wildman–Crippen MR) is 103 cm³/mol. The van der Waals surface area contributed by atoms with Gasteiger partial charge in [-0.25, -0.2) is 8.78 Å². The van der Waals surface area contributed by atoms with E-state index in [2.05, 4.69) is 0 Å². The standard InChI is InChI=1S/C19H21F2N3O3S/c1-19(25,11-23-8-7-22(2)28(23,26)27)12-24-17-5-3-13(20)9-15(17)16-10-14(21)4-6-18(16)24/h3-6,9-10,25H,7-8,11-12H2,1-2H3. The number of rotatable bonds is 4. The Morgan fingerprint density at radius 1 is 1.00 bits per heavy atom. The summed E-state index contributed by atoms with van der Waals surface area (Å²) in [6.45, 7) is 2.22. The highest BCUT2D eigenvalue weighted by Gasteiger charge is 2.38. The Morgan fingerprint density at radius 3 is 2.00 bits per heavy atom. The summed E-state index contributed by atoms with van der Waals surface area (Å²) in [6.07, 6.45) is 0. The number of benzene rings is 2. The lowest BCUT2D eigenvalue weighted by Crippen LogP contribution is -2.45. The highest BCUT2D eigenvalue weighted by molar-refractivity contribution is 7.87. The van der Waals surface area contributed by atoms with Crippen molar-refractivity contribution in [2.45, 2.75) is 19.1 Å². The maximum Gasteiger partial charge on any atom is 0.281 e. The fourth-order valence-electron chi connectivity index (χ4n) is 3.83. The summed E-state index contributed by atoms with van der Waals surface area (Å²) in [5.41, 5.74) is -0.104. The lowest BCUT2D eigenvalue weighted by molar-refractivity contribution is 0.0279. The van der Waals surface area contributed by atoms with Crippen LogP contribution in [-0.2, 0) is 16.8 Å². The zero-order valence-corrected chi connectivity index (χ0v) is 16.4. The van der Waals surface area contributed by atoms with Crippen molar-refractivity contribution >= 4 is 32.0 Å². The first-order chi connectivity index (χ1) is 13.1. The lowest BCUT2D eigenvalue weighted by atomic mass is 10.1. The van der Waals surface area contributed by atoms with Gasteiger partial charge in [0.1, 0.15) is 11.6 Å². The Hall–Kier alpha value is -2.07. The van der Waals surface area contributed by atoms with Crippen LogP contribution in [0.15, 0.2) is 36.4 Å². The SMILES string of the molecule is CN1CCN(CC(C)(O)Cn2c3ccc(F)cc3c3cc(F)ccc32)S1(=O)=O. The van der Waals surface area contributed by atoms with Crippen molar-refractivity contribution in [2.75, 3.05) is 26.7 Å². The van der Waals surface area contributed by atoms with Crippen LogP contribution in [0.1, 0.15) is 6.92 Å². The molecular weight excluding hydrogens is 388 g/mol. The number of nitrogens with zero attached hydrogens (tertiary/aromatic N) is 3. The van der Waals surface area contributed by atoms with E-state index in [9.17, 15) is 22.3 Å². The number of hydrogen-bond donors (Lipinski definition) is 1. The number of halogens is 2. The van der Waals surface area contributed by atoms with Crippen LogP contribution in [0, 0.1) is 11.6 Å². The largest absolute Gasteiger partial charge is 0.387 e. The molecule has 1 atom stereocenters. The Morgan fingerprint density at radius 2 is 1.54 bits per heavy atom. The van der Waals surface area contributed by atoms with E-state index in [1.54, 1.807) is 23.6 Å². The van der Waals surface area contributed by atoms with E-state index < -0.39 is 27.4 Å². The van der Waals surface area contributed by atoms with E-state index in [1.807, 2.05) is 0 Å². The van der Waals surface area contributed by atoms with Gasteiger partial charge in [-0.15, -0.1) is 0 Å². The number of hydrogen-bond acceptors (Lipinski definition) is 3. The van der Waals surface area contributed by atoms with Crippen LogP contribution in [0.4, 0.5) is 8.78 Å². The third-order valence-corrected chi connectivity index (χ3v) is 7.12. The molecule has 1 aliphatic heterocycles. The molecule has 0 amide bonds. The highest BCUT2D eigenvalue weighted by atomic mass is 32.2. The van der Waals surface area contributed by atoms with Gasteiger partial charge in [-0.3, -0.25) is 0 Å². The number of aliphatic hydroxyl groups is 1. The van der Waals surface area contributed by atoms with Crippen LogP contribution in [0.3, 0.4) is 0 Å². The number of aromatic nitrogens is 1. The molecule has 3 aromatic rings. The summed E-state index contributed by atoms with van der Waals surface area (Å²) in [6, 6.07) is 8.45. The summed E-state index contributed by atoms with van der Waals surface area (Å²) in [4.78, 5) is 0. The fraction of sp³-hybridized carbons (Fsp3) is 0.368. The minimum atomic E-state index is -3.58. The van der Waals surface area contributed by atoms with E-state index in [0.717, 1.165) is 0 Å². The van der Waals surface area contributed by atoms with E-state index in [4.69, 9.17) is 0 Å². The summed E-state index contributed by atoms with van der Waals surface area (Å²) in [5.74, 6) is -0.873. The Bertz CT molecular complexity index is 1110. The van der Waals surface area contributed by atoms with Gasteiger partial charge in [-0.05, 0) is 43.3 Å². The van der Waals surface area contributed by atoms with Gasteiger partial charge in [0.25, 0.3) is 10.2 Å². The van der Waals surface area contributed by atoms with Crippen LogP contribution >= 0.6 is 0 Å². The molecule has 0 saturated carbocycles. The third-order valence-electron chi connectivity index (χ3n) is 5.19. The van der Waals surface area contributed by atoms with Crippen LogP contribution in [0.2, 0.25) is 0 Å². The topological polar surface area (TPSA) is 65.8 Å². The highest BCUT2D eigenvalue weighted by Crippen LogP contribution is 2.32. The monoisotopic (exact) mass is 409 g/mol. The minimum Gasteiger partial charge on any atom is -0.387 e. The second-order valence-electron chi connectivity index (χ2n) is 7.57. The molecule has 0 radical (unpaired) electrons. The minimum absolute atomic E-state index is 0.0694. The van der Waals surface area contributed by atoms with Gasteiger partial charge in [-0.1, -0.05) is 0 Å². The number of fused-ring (bicyclic) bond motifs is 3. The first-order valence-electron chi connectivity index (χ1n) is 8.89. The van der Waals surface area contributed by atoms with Crippen molar-refractivity contribution < 1.29 is 22.3 Å². The molecule has 1 saturated heterocycles. The molecule has 2 aromatic carbocycles. The van der Waals surface area contributed by atoms with Crippen molar-refractivity contribution in [1.29, 1.82) is 0 Å². The average molecular weight is 409 g/mol. The van der Waals surface area contributed by atoms with Gasteiger partial charge < -0.3 is 9.67 Å². The van der Waals surface area contributed by atoms with Crippen molar-refractivity contribution in [3.63, 3.8) is 0 Å². The quantitative estimate of drug-likeness (QED) is 0.719. The summed E-state index contributed by atoms with van der Waals surface area (Å²) >= 11 is 0. The molecular formula is C19H21F2N3O3S. The van der Waals surface area contributed by atoms with Crippen LogP contribution < -0.4 is 0 Å². The molecule has 1 unspecified atom stereocenters. The molecule has 150 valence electrons. The van der Waals surface area contributed by atoms with Crippen molar-refractivity contribution in [1.82, 2.24) is 13.2 Å². The molecule has 1 aliphatic rings. The third kappa shape index (κ3) is 3.18. The van der Waals surface area contributed by atoms with E-state index in [1.165, 1.54) is 39.9 Å². The van der Waals surface area contributed by atoms with E-state index >= 15 is 0 Å².